The van der Waals surface area contributed by atoms with Crippen LogP contribution in [0.5, 0.6) is 0 Å². The summed E-state index contributed by atoms with van der Waals surface area (Å²) in [5.41, 5.74) is 2.45. The maximum atomic E-state index is 12.9. The van der Waals surface area contributed by atoms with Crippen LogP contribution in [-0.4, -0.2) is 59.5 Å². The van der Waals surface area contributed by atoms with Crippen molar-refractivity contribution >= 4 is 27.5 Å². The second-order valence-electron chi connectivity index (χ2n) is 7.08. The lowest BCUT2D eigenvalue weighted by molar-refractivity contribution is 0.0698. The molecule has 30 heavy (non-hydrogen) atoms. The Bertz CT molecular complexity index is 1170. The average molecular weight is 445 g/mol. The first kappa shape index (κ1) is 20.6. The van der Waals surface area contributed by atoms with Crippen LogP contribution in [0.2, 0.25) is 5.02 Å². The molecule has 1 aliphatic heterocycles. The van der Waals surface area contributed by atoms with Crippen molar-refractivity contribution in [1.29, 1.82) is 0 Å². The van der Waals surface area contributed by atoms with Gasteiger partial charge in [0, 0.05) is 48.7 Å². The van der Waals surface area contributed by atoms with Crippen molar-refractivity contribution in [2.75, 3.05) is 26.2 Å². The fourth-order valence-corrected chi connectivity index (χ4v) is 5.20. The van der Waals surface area contributed by atoms with E-state index in [1.807, 2.05) is 25.1 Å². The lowest BCUT2D eigenvalue weighted by Gasteiger charge is -2.34. The molecule has 0 unspecified atom stereocenters. The summed E-state index contributed by atoms with van der Waals surface area (Å²) in [5, 5.41) is 4.64. The highest BCUT2D eigenvalue weighted by molar-refractivity contribution is 7.89. The molecule has 0 N–H and O–H groups in total. The van der Waals surface area contributed by atoms with Gasteiger partial charge in [0.25, 0.3) is 5.91 Å². The van der Waals surface area contributed by atoms with Crippen molar-refractivity contribution in [3.05, 3.63) is 77.1 Å². The van der Waals surface area contributed by atoms with Gasteiger partial charge >= 0.3 is 0 Å². The Labute approximate surface area is 180 Å². The predicted molar refractivity (Wildman–Crippen MR) is 114 cm³/mol. The van der Waals surface area contributed by atoms with Crippen LogP contribution in [-0.2, 0) is 10.0 Å². The lowest BCUT2D eigenvalue weighted by Crippen LogP contribution is -2.50. The molecule has 0 atom stereocenters. The van der Waals surface area contributed by atoms with Gasteiger partial charge in [0.05, 0.1) is 10.6 Å². The molecule has 3 aromatic rings. The van der Waals surface area contributed by atoms with Crippen molar-refractivity contribution < 1.29 is 13.2 Å². The van der Waals surface area contributed by atoms with E-state index < -0.39 is 10.0 Å². The molecule has 1 aliphatic rings. The number of halogens is 1. The molecule has 2 aromatic carbocycles. The van der Waals surface area contributed by atoms with Crippen LogP contribution in [0.15, 0.2) is 65.7 Å². The summed E-state index contributed by atoms with van der Waals surface area (Å²) in [6.07, 6.45) is 1.73. The molecule has 7 nitrogen and oxygen atoms in total. The lowest BCUT2D eigenvalue weighted by atomic mass is 10.1. The van der Waals surface area contributed by atoms with E-state index in [1.54, 1.807) is 40.0 Å². The summed E-state index contributed by atoms with van der Waals surface area (Å²) >= 11 is 5.93. The Hall–Kier alpha value is -2.68. The first-order valence-electron chi connectivity index (χ1n) is 9.52. The maximum Gasteiger partial charge on any atom is 0.253 e. The van der Waals surface area contributed by atoms with Crippen LogP contribution >= 0.6 is 11.6 Å². The number of hydrogen-bond acceptors (Lipinski definition) is 4. The SMILES string of the molecule is Cc1ccnn1-c1ccc(C(=O)N2CCN(S(=O)(=O)c3cccc(Cl)c3)CC2)cc1. The third kappa shape index (κ3) is 3.98. The molecule has 0 bridgehead atoms. The number of hydrogen-bond donors (Lipinski definition) is 0. The standard InChI is InChI=1S/C21H21ClN4O3S/c1-16-9-10-23-26(16)19-7-5-17(6-8-19)21(27)24-11-13-25(14-12-24)30(28,29)20-4-2-3-18(22)15-20/h2-10,15H,11-14H2,1H3. The van der Waals surface area contributed by atoms with Gasteiger partial charge in [-0.3, -0.25) is 4.79 Å². The third-order valence-electron chi connectivity index (χ3n) is 5.15. The van der Waals surface area contributed by atoms with E-state index in [-0.39, 0.29) is 23.9 Å². The minimum absolute atomic E-state index is 0.112. The van der Waals surface area contributed by atoms with Crippen LogP contribution in [0.25, 0.3) is 5.69 Å². The summed E-state index contributed by atoms with van der Waals surface area (Å²) in [7, 11) is -3.63. The predicted octanol–water partition coefficient (Wildman–Crippen LogP) is 2.98. The van der Waals surface area contributed by atoms with Gasteiger partial charge < -0.3 is 4.90 Å². The largest absolute Gasteiger partial charge is 0.336 e. The number of sulfonamides is 1. The first-order chi connectivity index (χ1) is 14.4. The van der Waals surface area contributed by atoms with E-state index in [0.717, 1.165) is 11.4 Å². The number of carbonyl (C=O) groups excluding carboxylic acids is 1. The quantitative estimate of drug-likeness (QED) is 0.620. The number of nitrogens with zero attached hydrogens (tertiary/aromatic N) is 4. The summed E-state index contributed by atoms with van der Waals surface area (Å²) in [5.74, 6) is -0.112. The minimum atomic E-state index is -3.63. The van der Waals surface area contributed by atoms with Gasteiger partial charge in [0.1, 0.15) is 0 Å². The molecule has 1 amide bonds. The molecule has 4 rings (SSSR count). The summed E-state index contributed by atoms with van der Waals surface area (Å²) in [4.78, 5) is 14.7. The molecule has 2 heterocycles. The fourth-order valence-electron chi connectivity index (χ4n) is 3.48. The van der Waals surface area contributed by atoms with E-state index >= 15 is 0 Å². The van der Waals surface area contributed by atoms with Crippen LogP contribution in [0.4, 0.5) is 0 Å². The zero-order chi connectivity index (χ0) is 21.3. The van der Waals surface area contributed by atoms with E-state index in [4.69, 9.17) is 11.6 Å². The highest BCUT2D eigenvalue weighted by Gasteiger charge is 2.30. The Morgan fingerprint density at radius 3 is 2.30 bits per heavy atom. The molecular weight excluding hydrogens is 424 g/mol. The Morgan fingerprint density at radius 2 is 1.70 bits per heavy atom. The average Bonchev–Trinajstić information content (AvgIpc) is 3.19. The molecule has 0 radical (unpaired) electrons. The number of aromatic nitrogens is 2. The Balaban J connectivity index is 1.43. The second-order valence-corrected chi connectivity index (χ2v) is 9.46. The van der Waals surface area contributed by atoms with Gasteiger partial charge in [0.15, 0.2) is 0 Å². The van der Waals surface area contributed by atoms with E-state index in [1.165, 1.54) is 16.4 Å². The van der Waals surface area contributed by atoms with Crippen LogP contribution < -0.4 is 0 Å². The van der Waals surface area contributed by atoms with Crippen LogP contribution in [0.1, 0.15) is 16.1 Å². The molecular formula is C21H21ClN4O3S. The van der Waals surface area contributed by atoms with Gasteiger partial charge in [-0.15, -0.1) is 0 Å². The second kappa shape index (κ2) is 8.22. The molecule has 1 fully saturated rings. The molecule has 9 heteroatoms. The van der Waals surface area contributed by atoms with Gasteiger partial charge in [-0.05, 0) is 55.5 Å². The van der Waals surface area contributed by atoms with Crippen LogP contribution in [0, 0.1) is 6.92 Å². The summed E-state index contributed by atoms with van der Waals surface area (Å²) < 4.78 is 28.8. The van der Waals surface area contributed by atoms with Crippen molar-refractivity contribution in [3.8, 4) is 5.69 Å². The van der Waals surface area contributed by atoms with Crippen LogP contribution in [0.3, 0.4) is 0 Å². The Morgan fingerprint density at radius 1 is 1.00 bits per heavy atom. The van der Waals surface area contributed by atoms with Gasteiger partial charge in [0.2, 0.25) is 10.0 Å². The summed E-state index contributed by atoms with van der Waals surface area (Å²) in [6, 6.07) is 15.4. The fraction of sp³-hybridized carbons (Fsp3) is 0.238. The number of aryl methyl sites for hydroxylation is 1. The summed E-state index contributed by atoms with van der Waals surface area (Å²) in [6.45, 7) is 3.11. The topological polar surface area (TPSA) is 75.5 Å². The minimum Gasteiger partial charge on any atom is -0.336 e. The van der Waals surface area contributed by atoms with E-state index in [9.17, 15) is 13.2 Å². The third-order valence-corrected chi connectivity index (χ3v) is 7.28. The number of benzene rings is 2. The zero-order valence-corrected chi connectivity index (χ0v) is 18.0. The van der Waals surface area contributed by atoms with Gasteiger partial charge in [-0.1, -0.05) is 17.7 Å². The Kier molecular flexibility index (Phi) is 5.64. The smallest absolute Gasteiger partial charge is 0.253 e. The van der Waals surface area contributed by atoms with E-state index in [2.05, 4.69) is 5.10 Å². The van der Waals surface area contributed by atoms with Crippen molar-refractivity contribution in [2.45, 2.75) is 11.8 Å². The highest BCUT2D eigenvalue weighted by atomic mass is 35.5. The molecule has 156 valence electrons. The molecule has 0 aliphatic carbocycles. The number of amides is 1. The molecule has 1 aromatic heterocycles. The van der Waals surface area contributed by atoms with Crippen molar-refractivity contribution in [2.24, 2.45) is 0 Å². The van der Waals surface area contributed by atoms with E-state index in [0.29, 0.717) is 23.7 Å². The number of piperazine rings is 1. The van der Waals surface area contributed by atoms with Gasteiger partial charge in [-0.2, -0.15) is 9.40 Å². The van der Waals surface area contributed by atoms with Crippen molar-refractivity contribution in [3.63, 3.8) is 0 Å². The molecule has 1 saturated heterocycles. The number of rotatable bonds is 4. The molecule has 0 spiro atoms. The highest BCUT2D eigenvalue weighted by Crippen LogP contribution is 2.21. The zero-order valence-electron chi connectivity index (χ0n) is 16.4. The van der Waals surface area contributed by atoms with Crippen molar-refractivity contribution in [1.82, 2.24) is 19.0 Å². The van der Waals surface area contributed by atoms with Gasteiger partial charge in [-0.25, -0.2) is 13.1 Å². The first-order valence-corrected chi connectivity index (χ1v) is 11.3. The maximum absolute atomic E-state index is 12.9. The normalized spacial score (nSPS) is 15.3. The number of carbonyl (C=O) groups is 1. The monoisotopic (exact) mass is 444 g/mol. The molecule has 0 saturated carbocycles.